The molecule has 0 aliphatic rings. The third kappa shape index (κ3) is 5.56. The SMILES string of the molecule is O=C(O)c1cccc(CCCc2cccc(-c3[c-]ccc(Br)c3)n2)n1.[Ir]. The summed E-state index contributed by atoms with van der Waals surface area (Å²) >= 11 is 3.47. The van der Waals surface area contributed by atoms with Crippen molar-refractivity contribution < 1.29 is 30.0 Å². The predicted octanol–water partition coefficient (Wildman–Crippen LogP) is 4.58. The molecule has 1 N–H and O–H groups in total. The van der Waals surface area contributed by atoms with Gasteiger partial charge in [0, 0.05) is 31.5 Å². The molecule has 135 valence electrons. The Morgan fingerprint density at radius 1 is 1.04 bits per heavy atom. The van der Waals surface area contributed by atoms with Crippen molar-refractivity contribution in [3.05, 3.63) is 82.2 Å². The number of hydrogen-bond acceptors (Lipinski definition) is 3. The van der Waals surface area contributed by atoms with Gasteiger partial charge >= 0.3 is 5.97 Å². The number of nitrogens with zero attached hydrogens (tertiary/aromatic N) is 2. The standard InChI is InChI=1S/C20H16BrN2O2.Ir/c21-15-6-1-5-14(13-15)18-11-3-9-16(22-18)7-2-8-17-10-4-12-19(23-17)20(24)25;/h1,3-4,6,9-13H,2,7-8H2,(H,24,25);/q-1;. The first-order chi connectivity index (χ1) is 12.1. The normalized spacial score (nSPS) is 10.2. The van der Waals surface area contributed by atoms with E-state index in [-0.39, 0.29) is 25.8 Å². The first kappa shape index (κ1) is 20.4. The molecule has 0 spiro atoms. The molecule has 3 aromatic rings. The number of hydrogen-bond donors (Lipinski definition) is 1. The fraction of sp³-hybridized carbons (Fsp3) is 0.150. The van der Waals surface area contributed by atoms with Gasteiger partial charge < -0.3 is 10.1 Å². The van der Waals surface area contributed by atoms with Crippen molar-refractivity contribution in [1.29, 1.82) is 0 Å². The number of benzene rings is 1. The van der Waals surface area contributed by atoms with Gasteiger partial charge in [0.1, 0.15) is 5.69 Å². The van der Waals surface area contributed by atoms with E-state index >= 15 is 0 Å². The molecule has 2 heterocycles. The second-order valence-electron chi connectivity index (χ2n) is 5.61. The molecule has 0 unspecified atom stereocenters. The van der Waals surface area contributed by atoms with Crippen LogP contribution in [-0.2, 0) is 32.9 Å². The average molecular weight is 588 g/mol. The summed E-state index contributed by atoms with van der Waals surface area (Å²) in [7, 11) is 0. The molecule has 1 radical (unpaired) electrons. The number of aromatic nitrogens is 2. The number of pyridine rings is 2. The molecule has 0 saturated heterocycles. The zero-order valence-corrected chi connectivity index (χ0v) is 17.8. The van der Waals surface area contributed by atoms with Crippen LogP contribution in [0.5, 0.6) is 0 Å². The van der Waals surface area contributed by atoms with Gasteiger partial charge in [0.2, 0.25) is 0 Å². The number of halogens is 1. The summed E-state index contributed by atoms with van der Waals surface area (Å²) in [6.45, 7) is 0. The Morgan fingerprint density at radius 2 is 1.73 bits per heavy atom. The minimum atomic E-state index is -0.999. The van der Waals surface area contributed by atoms with Crippen molar-refractivity contribution in [3.8, 4) is 11.3 Å². The molecule has 0 aliphatic heterocycles. The molecular weight excluding hydrogens is 572 g/mol. The minimum Gasteiger partial charge on any atom is -0.477 e. The van der Waals surface area contributed by atoms with Crippen LogP contribution < -0.4 is 0 Å². The molecule has 4 nitrogen and oxygen atoms in total. The van der Waals surface area contributed by atoms with Gasteiger partial charge in [-0.05, 0) is 43.2 Å². The van der Waals surface area contributed by atoms with Gasteiger partial charge in [-0.1, -0.05) is 38.6 Å². The molecule has 26 heavy (non-hydrogen) atoms. The minimum absolute atomic E-state index is 0. The summed E-state index contributed by atoms with van der Waals surface area (Å²) in [4.78, 5) is 19.8. The Hall–Kier alpha value is -1.88. The first-order valence-electron chi connectivity index (χ1n) is 7.94. The monoisotopic (exact) mass is 588 g/mol. The van der Waals surface area contributed by atoms with Gasteiger partial charge in [-0.25, -0.2) is 9.78 Å². The van der Waals surface area contributed by atoms with Gasteiger partial charge in [0.15, 0.2) is 0 Å². The van der Waals surface area contributed by atoms with Crippen LogP contribution in [0.3, 0.4) is 0 Å². The largest absolute Gasteiger partial charge is 0.477 e. The Kier molecular flexibility index (Phi) is 7.64. The fourth-order valence-corrected chi connectivity index (χ4v) is 2.91. The van der Waals surface area contributed by atoms with Crippen LogP contribution in [0.1, 0.15) is 28.3 Å². The molecule has 0 saturated carbocycles. The van der Waals surface area contributed by atoms with E-state index in [1.165, 1.54) is 6.07 Å². The molecule has 0 fully saturated rings. The summed E-state index contributed by atoms with van der Waals surface area (Å²) in [6, 6.07) is 20.1. The van der Waals surface area contributed by atoms with Crippen molar-refractivity contribution in [2.75, 3.05) is 0 Å². The van der Waals surface area contributed by atoms with Crippen molar-refractivity contribution >= 4 is 21.9 Å². The first-order valence-corrected chi connectivity index (χ1v) is 8.74. The average Bonchev–Trinajstić information content (AvgIpc) is 2.62. The Morgan fingerprint density at radius 3 is 2.42 bits per heavy atom. The van der Waals surface area contributed by atoms with Crippen molar-refractivity contribution in [2.24, 2.45) is 0 Å². The van der Waals surface area contributed by atoms with Gasteiger partial charge in [0.25, 0.3) is 0 Å². The third-order valence-electron chi connectivity index (χ3n) is 3.74. The van der Waals surface area contributed by atoms with Crippen LogP contribution in [0.4, 0.5) is 0 Å². The number of rotatable bonds is 6. The van der Waals surface area contributed by atoms with Gasteiger partial charge in [-0.15, -0.1) is 29.8 Å². The molecule has 0 bridgehead atoms. The fourth-order valence-electron chi connectivity index (χ4n) is 2.54. The Bertz CT molecular complexity index is 902. The summed E-state index contributed by atoms with van der Waals surface area (Å²) in [5.41, 5.74) is 3.72. The smallest absolute Gasteiger partial charge is 0.354 e. The van der Waals surface area contributed by atoms with Crippen molar-refractivity contribution in [2.45, 2.75) is 19.3 Å². The van der Waals surface area contributed by atoms with Crippen LogP contribution in [0.15, 0.2) is 59.1 Å². The maximum atomic E-state index is 11.0. The van der Waals surface area contributed by atoms with E-state index in [1.807, 2.05) is 42.5 Å². The molecule has 6 heteroatoms. The number of aromatic carboxylic acids is 1. The second-order valence-corrected chi connectivity index (χ2v) is 6.52. The summed E-state index contributed by atoms with van der Waals surface area (Å²) in [5, 5.41) is 8.99. The molecule has 2 aromatic heterocycles. The molecule has 3 rings (SSSR count). The zero-order valence-electron chi connectivity index (χ0n) is 13.8. The van der Waals surface area contributed by atoms with E-state index in [0.29, 0.717) is 0 Å². The number of carboxylic acids is 1. The summed E-state index contributed by atoms with van der Waals surface area (Å²) < 4.78 is 0.998. The molecule has 0 amide bonds. The Labute approximate surface area is 174 Å². The van der Waals surface area contributed by atoms with Crippen LogP contribution in [0, 0.1) is 6.07 Å². The van der Waals surface area contributed by atoms with Crippen LogP contribution in [-0.4, -0.2) is 21.0 Å². The van der Waals surface area contributed by atoms with Gasteiger partial charge in [-0.2, -0.15) is 0 Å². The van der Waals surface area contributed by atoms with Crippen molar-refractivity contribution in [1.82, 2.24) is 9.97 Å². The van der Waals surface area contributed by atoms with E-state index < -0.39 is 5.97 Å². The zero-order chi connectivity index (χ0) is 17.6. The number of carboxylic acid groups (broad SMARTS) is 1. The number of aryl methyl sites for hydroxylation is 2. The van der Waals surface area contributed by atoms with Crippen LogP contribution in [0.2, 0.25) is 0 Å². The third-order valence-corrected chi connectivity index (χ3v) is 4.23. The maximum absolute atomic E-state index is 11.0. The maximum Gasteiger partial charge on any atom is 0.354 e. The van der Waals surface area contributed by atoms with E-state index in [0.717, 1.165) is 46.4 Å². The van der Waals surface area contributed by atoms with Crippen LogP contribution >= 0.6 is 15.9 Å². The van der Waals surface area contributed by atoms with Gasteiger partial charge in [0.05, 0.1) is 0 Å². The van der Waals surface area contributed by atoms with E-state index in [4.69, 9.17) is 10.1 Å². The molecule has 0 aliphatic carbocycles. The second kappa shape index (κ2) is 9.72. The topological polar surface area (TPSA) is 63.1 Å². The summed E-state index contributed by atoms with van der Waals surface area (Å²) in [5.74, 6) is -0.999. The molecule has 0 atom stereocenters. The number of carbonyl (C=O) groups is 1. The van der Waals surface area contributed by atoms with Gasteiger partial charge in [-0.3, -0.25) is 0 Å². The predicted molar refractivity (Wildman–Crippen MR) is 99.4 cm³/mol. The van der Waals surface area contributed by atoms with Crippen LogP contribution in [0.25, 0.3) is 11.3 Å². The van der Waals surface area contributed by atoms with E-state index in [2.05, 4.69) is 27.0 Å². The van der Waals surface area contributed by atoms with E-state index in [9.17, 15) is 4.79 Å². The quantitative estimate of drug-likeness (QED) is 0.429. The Balaban J connectivity index is 0.00000243. The van der Waals surface area contributed by atoms with Crippen molar-refractivity contribution in [3.63, 3.8) is 0 Å². The summed E-state index contributed by atoms with van der Waals surface area (Å²) in [6.07, 6.45) is 2.38. The molecule has 1 aromatic carbocycles. The van der Waals surface area contributed by atoms with E-state index in [1.54, 1.807) is 6.07 Å². The molecular formula is C20H16BrIrN2O2-.